The molecular weight excluding hydrogens is 630 g/mol. The molecule has 0 bridgehead atoms. The number of carbonyl (C=O) groups is 1. The lowest BCUT2D eigenvalue weighted by molar-refractivity contribution is -0.283. The number of H-pyrrole nitrogens is 1. The maximum Gasteiger partial charge on any atom is 0.169 e. The molecule has 11 unspecified atom stereocenters. The van der Waals surface area contributed by atoms with Crippen LogP contribution in [0.2, 0.25) is 0 Å². The van der Waals surface area contributed by atoms with Crippen molar-refractivity contribution in [2.45, 2.75) is 166 Å². The Balaban J connectivity index is 1.09. The number of aromatic nitrogens is 1. The summed E-state index contributed by atoms with van der Waals surface area (Å²) in [6.07, 6.45) is 4.39. The quantitative estimate of drug-likeness (QED) is 0.248. The van der Waals surface area contributed by atoms with E-state index in [9.17, 15) is 15.0 Å². The Bertz CT molecular complexity index is 1850. The van der Waals surface area contributed by atoms with Crippen molar-refractivity contribution in [3.05, 3.63) is 46.2 Å². The smallest absolute Gasteiger partial charge is 0.169 e. The van der Waals surface area contributed by atoms with E-state index in [1.807, 2.05) is 39.8 Å². The molecule has 11 atom stereocenters. The number of ketones is 1. The number of aliphatic hydroxyl groups excluding tert-OH is 1. The van der Waals surface area contributed by atoms with E-state index in [0.717, 1.165) is 43.2 Å². The molecule has 3 saturated heterocycles. The lowest BCUT2D eigenvalue weighted by Crippen LogP contribution is -2.76. The number of aromatic amines is 1. The van der Waals surface area contributed by atoms with Crippen LogP contribution in [0.25, 0.3) is 10.9 Å². The average molecular weight is 688 g/mol. The van der Waals surface area contributed by atoms with Gasteiger partial charge in [-0.2, -0.15) is 0 Å². The van der Waals surface area contributed by atoms with E-state index in [4.69, 9.17) is 18.9 Å². The highest BCUT2D eigenvalue weighted by molar-refractivity contribution is 6.06. The van der Waals surface area contributed by atoms with Gasteiger partial charge in [0, 0.05) is 38.9 Å². The van der Waals surface area contributed by atoms with Crippen LogP contribution in [0.5, 0.6) is 0 Å². The van der Waals surface area contributed by atoms with Crippen LogP contribution in [-0.4, -0.2) is 80.0 Å². The Labute approximate surface area is 296 Å². The number of Topliss-reactive ketones (excluding diaryl/α,β-unsaturated/α-hetero) is 1. The maximum absolute atomic E-state index is 14.2. The Morgan fingerprint density at radius 1 is 1.04 bits per heavy atom. The first-order valence-corrected chi connectivity index (χ1v) is 19.2. The Kier molecular flexibility index (Phi) is 6.69. The number of rotatable bonds is 4. The van der Waals surface area contributed by atoms with Gasteiger partial charge in [-0.15, -0.1) is 0 Å². The van der Waals surface area contributed by atoms with E-state index in [0.29, 0.717) is 18.9 Å². The number of aliphatic hydroxyl groups is 2. The third-order valence-electron chi connectivity index (χ3n) is 15.7. The summed E-state index contributed by atoms with van der Waals surface area (Å²) >= 11 is 0. The van der Waals surface area contributed by atoms with Crippen molar-refractivity contribution in [2.24, 2.45) is 23.2 Å². The molecule has 2 aromatic rings. The summed E-state index contributed by atoms with van der Waals surface area (Å²) in [5, 5.41) is 26.3. The van der Waals surface area contributed by atoms with E-state index >= 15 is 0 Å². The predicted molar refractivity (Wildman–Crippen MR) is 190 cm³/mol. The largest absolute Gasteiger partial charge is 0.387 e. The maximum atomic E-state index is 14.2. The molecule has 3 N–H and O–H groups in total. The summed E-state index contributed by atoms with van der Waals surface area (Å²) in [5.74, 6) is 0.492. The fraction of sp³-hybridized carbons (Fsp3) is 0.738. The van der Waals surface area contributed by atoms with Crippen molar-refractivity contribution in [3.63, 3.8) is 0 Å². The molecule has 1 spiro atoms. The topological polar surface area (TPSA) is 114 Å². The van der Waals surface area contributed by atoms with Gasteiger partial charge in [0.25, 0.3) is 0 Å². The third kappa shape index (κ3) is 3.81. The highest BCUT2D eigenvalue weighted by Crippen LogP contribution is 2.75. The summed E-state index contributed by atoms with van der Waals surface area (Å²) in [4.78, 5) is 18.2. The highest BCUT2D eigenvalue weighted by atomic mass is 16.7. The second kappa shape index (κ2) is 9.91. The summed E-state index contributed by atoms with van der Waals surface area (Å²) in [6, 6.07) is 4.15. The van der Waals surface area contributed by atoms with E-state index in [1.54, 1.807) is 0 Å². The summed E-state index contributed by atoms with van der Waals surface area (Å²) in [5.41, 5.74) is 2.08. The molecule has 0 amide bonds. The number of ether oxygens (including phenoxy) is 4. The first-order valence-electron chi connectivity index (χ1n) is 19.2. The number of hydrogen-bond acceptors (Lipinski definition) is 7. The van der Waals surface area contributed by atoms with Crippen LogP contribution in [0.15, 0.2) is 23.8 Å². The molecule has 1 aromatic carbocycles. The molecule has 8 nitrogen and oxygen atoms in total. The average Bonchev–Trinajstić information content (AvgIpc) is 3.52. The van der Waals surface area contributed by atoms with Gasteiger partial charge in [0.2, 0.25) is 0 Å². The lowest BCUT2D eigenvalue weighted by Gasteiger charge is -2.66. The van der Waals surface area contributed by atoms with Gasteiger partial charge in [0.1, 0.15) is 23.9 Å². The van der Waals surface area contributed by atoms with Gasteiger partial charge in [-0.25, -0.2) is 0 Å². The van der Waals surface area contributed by atoms with E-state index in [2.05, 4.69) is 52.6 Å². The molecule has 272 valence electrons. The molecule has 2 saturated carbocycles. The van der Waals surface area contributed by atoms with Crippen LogP contribution in [0.1, 0.15) is 122 Å². The van der Waals surface area contributed by atoms with Crippen LogP contribution in [0.4, 0.5) is 0 Å². The van der Waals surface area contributed by atoms with Crippen molar-refractivity contribution in [1.29, 1.82) is 0 Å². The zero-order chi connectivity index (χ0) is 35.8. The van der Waals surface area contributed by atoms with Gasteiger partial charge in [-0.05, 0) is 123 Å². The number of fused-ring (bicyclic) bond motifs is 10. The molecule has 0 radical (unpaired) electrons. The van der Waals surface area contributed by atoms with Crippen LogP contribution >= 0.6 is 0 Å². The SMILES string of the molecule is CC(C)=CCOC(C)(C)C1OC2CCC3(C)C4(C)c5[nH]c6ccc7c(c6c5CC4CCC3(O)C23OC3C1O)CC1C(C7=O)C(C)(C)OC1(C)C. The molecule has 7 aliphatic rings. The molecule has 1 aromatic heterocycles. The molecule has 5 fully saturated rings. The second-order valence-electron chi connectivity index (χ2n) is 19.4. The summed E-state index contributed by atoms with van der Waals surface area (Å²) in [6.45, 7) is 21.6. The van der Waals surface area contributed by atoms with Crippen LogP contribution in [-0.2, 0) is 37.2 Å². The van der Waals surface area contributed by atoms with Gasteiger partial charge >= 0.3 is 0 Å². The van der Waals surface area contributed by atoms with E-state index in [1.165, 1.54) is 27.8 Å². The summed E-state index contributed by atoms with van der Waals surface area (Å²) in [7, 11) is 0. The first kappa shape index (κ1) is 33.7. The monoisotopic (exact) mass is 687 g/mol. The lowest BCUT2D eigenvalue weighted by atomic mass is 9.40. The van der Waals surface area contributed by atoms with Crippen LogP contribution in [0.3, 0.4) is 0 Å². The number of carbonyl (C=O) groups excluding carboxylic acids is 1. The second-order valence-corrected chi connectivity index (χ2v) is 19.4. The minimum Gasteiger partial charge on any atom is -0.387 e. The molecule has 3 aliphatic heterocycles. The minimum atomic E-state index is -1.20. The zero-order valence-electron chi connectivity index (χ0n) is 31.7. The van der Waals surface area contributed by atoms with Crippen molar-refractivity contribution in [2.75, 3.05) is 6.61 Å². The van der Waals surface area contributed by atoms with Gasteiger partial charge < -0.3 is 34.1 Å². The number of benzene rings is 1. The Morgan fingerprint density at radius 2 is 1.78 bits per heavy atom. The van der Waals surface area contributed by atoms with Crippen LogP contribution < -0.4 is 0 Å². The highest BCUT2D eigenvalue weighted by Gasteiger charge is 2.86. The number of epoxide rings is 1. The standard InChI is InChI=1S/C42H57NO7/c1-21(2)15-18-47-38(7,8)34-32(45)35-42(49-35)28(48-34)14-16-39(9)40(10)22(13-17-41(39,42)46)19-25-29-24-20-26-30(37(5,6)50-36(26,3)4)31(44)23(24)11-12-27(29)43-33(25)40/h11-12,15,22,26,28,30,32,34-35,43,45-46H,13-14,16-20H2,1-10H3. The van der Waals surface area contributed by atoms with Crippen molar-refractivity contribution in [3.8, 4) is 0 Å². The first-order chi connectivity index (χ1) is 23.3. The van der Waals surface area contributed by atoms with Gasteiger partial charge in [-0.1, -0.05) is 25.5 Å². The summed E-state index contributed by atoms with van der Waals surface area (Å²) < 4.78 is 26.3. The molecular formula is C42H57NO7. The van der Waals surface area contributed by atoms with Crippen molar-refractivity contribution in [1.82, 2.24) is 4.98 Å². The third-order valence-corrected chi connectivity index (χ3v) is 15.7. The van der Waals surface area contributed by atoms with Crippen molar-refractivity contribution >= 4 is 16.7 Å². The Morgan fingerprint density at radius 3 is 2.50 bits per heavy atom. The molecule has 50 heavy (non-hydrogen) atoms. The Hall–Kier alpha value is -2.07. The normalized spacial score (nSPS) is 44.7. The fourth-order valence-corrected chi connectivity index (χ4v) is 13.1. The fourth-order valence-electron chi connectivity index (χ4n) is 13.1. The predicted octanol–water partition coefficient (Wildman–Crippen LogP) is 6.51. The van der Waals surface area contributed by atoms with Gasteiger partial charge in [0.05, 0.1) is 35.4 Å². The molecule has 4 heterocycles. The van der Waals surface area contributed by atoms with E-state index < -0.39 is 51.7 Å². The van der Waals surface area contributed by atoms with Gasteiger partial charge in [-0.3, -0.25) is 4.79 Å². The number of hydrogen-bond donors (Lipinski definition) is 3. The van der Waals surface area contributed by atoms with E-state index in [-0.39, 0.29) is 29.1 Å². The van der Waals surface area contributed by atoms with Crippen molar-refractivity contribution < 1.29 is 34.0 Å². The molecule has 8 heteroatoms. The number of nitrogens with one attached hydrogen (secondary N) is 1. The molecule has 9 rings (SSSR count). The zero-order valence-corrected chi connectivity index (χ0v) is 31.7. The van der Waals surface area contributed by atoms with Gasteiger partial charge in [0.15, 0.2) is 11.4 Å². The minimum absolute atomic E-state index is 0.109. The van der Waals surface area contributed by atoms with Crippen LogP contribution in [0, 0.1) is 23.2 Å². The molecule has 4 aliphatic carbocycles. The number of allylic oxidation sites excluding steroid dienone is 1.